The summed E-state index contributed by atoms with van der Waals surface area (Å²) in [5.41, 5.74) is 0.663. The Balaban J connectivity index is 2.89. The molecule has 0 aliphatic heterocycles. The zero-order valence-corrected chi connectivity index (χ0v) is 10.0. The van der Waals surface area contributed by atoms with Crippen LogP contribution >= 0.6 is 15.9 Å². The van der Waals surface area contributed by atoms with Gasteiger partial charge in [0.25, 0.3) is 0 Å². The highest BCUT2D eigenvalue weighted by atomic mass is 79.9. The zero-order chi connectivity index (χ0) is 11.4. The number of hydrogen-bond acceptors (Lipinski definition) is 3. The van der Waals surface area contributed by atoms with Crippen LogP contribution in [0.1, 0.15) is 6.92 Å². The van der Waals surface area contributed by atoms with Gasteiger partial charge in [0.15, 0.2) is 0 Å². The molecule has 0 aromatic heterocycles. The molecule has 1 aromatic rings. The zero-order valence-electron chi connectivity index (χ0n) is 8.45. The topological polar surface area (TPSA) is 58.6 Å². The fraction of sp³-hybridized carbons (Fsp3) is 0.300. The largest absolute Gasteiger partial charge is 0.495 e. The Hall–Kier alpha value is -1.23. The smallest absolute Gasteiger partial charge is 0.325 e. The number of halogens is 1. The molecule has 0 amide bonds. The lowest BCUT2D eigenvalue weighted by molar-refractivity contribution is -0.137. The number of aliphatic carboxylic acids is 1. The van der Waals surface area contributed by atoms with Gasteiger partial charge in [-0.25, -0.2) is 0 Å². The van der Waals surface area contributed by atoms with Crippen LogP contribution in [-0.4, -0.2) is 24.2 Å². The van der Waals surface area contributed by atoms with Crippen molar-refractivity contribution in [3.8, 4) is 5.75 Å². The van der Waals surface area contributed by atoms with E-state index >= 15 is 0 Å². The Morgan fingerprint density at radius 3 is 2.80 bits per heavy atom. The van der Waals surface area contributed by atoms with Gasteiger partial charge in [-0.3, -0.25) is 4.79 Å². The van der Waals surface area contributed by atoms with Crippen LogP contribution in [0.15, 0.2) is 22.7 Å². The van der Waals surface area contributed by atoms with Crippen molar-refractivity contribution in [3.05, 3.63) is 22.7 Å². The van der Waals surface area contributed by atoms with E-state index in [2.05, 4.69) is 21.2 Å². The minimum atomic E-state index is -0.903. The quantitative estimate of drug-likeness (QED) is 0.884. The standard InChI is InChI=1S/C10H12BrNO3/c1-6(10(13)14)12-8-4-3-7(11)5-9(8)15-2/h3-6,12H,1-2H3,(H,13,14). The van der Waals surface area contributed by atoms with E-state index in [1.807, 2.05) is 6.07 Å². The number of methoxy groups -OCH3 is 1. The first-order valence-corrected chi connectivity index (χ1v) is 5.16. The van der Waals surface area contributed by atoms with Crippen LogP contribution in [0.3, 0.4) is 0 Å². The van der Waals surface area contributed by atoms with Crippen molar-refractivity contribution in [1.29, 1.82) is 0 Å². The lowest BCUT2D eigenvalue weighted by Crippen LogP contribution is -2.25. The Kier molecular flexibility index (Phi) is 3.96. The van der Waals surface area contributed by atoms with Crippen molar-refractivity contribution in [1.82, 2.24) is 0 Å². The Morgan fingerprint density at radius 1 is 1.60 bits per heavy atom. The number of hydrogen-bond donors (Lipinski definition) is 2. The first-order chi connectivity index (χ1) is 7.04. The van der Waals surface area contributed by atoms with Gasteiger partial charge < -0.3 is 15.2 Å². The highest BCUT2D eigenvalue weighted by Gasteiger charge is 2.12. The number of carboxylic acid groups (broad SMARTS) is 1. The molecule has 15 heavy (non-hydrogen) atoms. The minimum absolute atomic E-state index is 0.609. The van der Waals surface area contributed by atoms with Crippen molar-refractivity contribution in [2.24, 2.45) is 0 Å². The first kappa shape index (κ1) is 11.8. The molecule has 0 radical (unpaired) electrons. The third kappa shape index (κ3) is 3.13. The molecular formula is C10H12BrNO3. The van der Waals surface area contributed by atoms with Gasteiger partial charge in [-0.1, -0.05) is 15.9 Å². The molecule has 1 aromatic carbocycles. The van der Waals surface area contributed by atoms with Crippen LogP contribution in [0, 0.1) is 0 Å². The van der Waals surface area contributed by atoms with Crippen LogP contribution < -0.4 is 10.1 Å². The minimum Gasteiger partial charge on any atom is -0.495 e. The SMILES string of the molecule is COc1cc(Br)ccc1NC(C)C(=O)O. The molecule has 0 saturated heterocycles. The summed E-state index contributed by atoms with van der Waals surface area (Å²) >= 11 is 3.31. The van der Waals surface area contributed by atoms with Crippen molar-refractivity contribution in [2.45, 2.75) is 13.0 Å². The monoisotopic (exact) mass is 273 g/mol. The van der Waals surface area contributed by atoms with Crippen LogP contribution in [0.5, 0.6) is 5.75 Å². The van der Waals surface area contributed by atoms with E-state index in [0.717, 1.165) is 4.47 Å². The Labute approximate surface area is 96.4 Å². The molecule has 0 fully saturated rings. The fourth-order valence-corrected chi connectivity index (χ4v) is 1.42. The molecule has 5 heteroatoms. The van der Waals surface area contributed by atoms with E-state index in [9.17, 15) is 4.79 Å². The van der Waals surface area contributed by atoms with Gasteiger partial charge in [0.05, 0.1) is 12.8 Å². The number of ether oxygens (including phenoxy) is 1. The summed E-state index contributed by atoms with van der Waals surface area (Å²) in [6, 6.07) is 4.71. The number of anilines is 1. The first-order valence-electron chi connectivity index (χ1n) is 4.37. The second kappa shape index (κ2) is 5.02. The Morgan fingerprint density at radius 2 is 2.27 bits per heavy atom. The van der Waals surface area contributed by atoms with Crippen LogP contribution in [0.4, 0.5) is 5.69 Å². The fourth-order valence-electron chi connectivity index (χ4n) is 1.08. The number of carboxylic acids is 1. The second-order valence-electron chi connectivity index (χ2n) is 3.05. The van der Waals surface area contributed by atoms with Gasteiger partial charge in [-0.15, -0.1) is 0 Å². The van der Waals surface area contributed by atoms with Crippen molar-refractivity contribution in [2.75, 3.05) is 12.4 Å². The molecule has 0 heterocycles. The van der Waals surface area contributed by atoms with Gasteiger partial charge >= 0.3 is 5.97 Å². The summed E-state index contributed by atoms with van der Waals surface area (Å²) in [7, 11) is 1.54. The van der Waals surface area contributed by atoms with E-state index < -0.39 is 12.0 Å². The van der Waals surface area contributed by atoms with Crippen molar-refractivity contribution in [3.63, 3.8) is 0 Å². The summed E-state index contributed by atoms with van der Waals surface area (Å²) in [6.07, 6.45) is 0. The lowest BCUT2D eigenvalue weighted by Gasteiger charge is -2.14. The van der Waals surface area contributed by atoms with Crippen LogP contribution in [0.25, 0.3) is 0 Å². The molecule has 1 unspecified atom stereocenters. The molecular weight excluding hydrogens is 262 g/mol. The van der Waals surface area contributed by atoms with Crippen molar-refractivity contribution < 1.29 is 14.6 Å². The maximum Gasteiger partial charge on any atom is 0.325 e. The average molecular weight is 274 g/mol. The summed E-state index contributed by atoms with van der Waals surface area (Å²) in [5.74, 6) is -0.294. The van der Waals surface area contributed by atoms with E-state index in [1.165, 1.54) is 0 Å². The normalized spacial score (nSPS) is 11.9. The molecule has 0 saturated carbocycles. The maximum absolute atomic E-state index is 10.7. The molecule has 1 rings (SSSR count). The number of nitrogens with one attached hydrogen (secondary N) is 1. The molecule has 0 bridgehead atoms. The number of benzene rings is 1. The summed E-state index contributed by atoms with van der Waals surface area (Å²) in [5, 5.41) is 11.6. The predicted octanol–water partition coefficient (Wildman–Crippen LogP) is 2.34. The number of carbonyl (C=O) groups is 1. The highest BCUT2D eigenvalue weighted by molar-refractivity contribution is 9.10. The number of rotatable bonds is 4. The predicted molar refractivity (Wildman–Crippen MR) is 61.4 cm³/mol. The molecule has 82 valence electrons. The van der Waals surface area contributed by atoms with Crippen LogP contribution in [0.2, 0.25) is 0 Å². The maximum atomic E-state index is 10.7. The molecule has 1 atom stereocenters. The lowest BCUT2D eigenvalue weighted by atomic mass is 10.2. The molecule has 2 N–H and O–H groups in total. The van der Waals surface area contributed by atoms with Gasteiger partial charge in [0.1, 0.15) is 11.8 Å². The van der Waals surface area contributed by atoms with Gasteiger partial charge in [-0.2, -0.15) is 0 Å². The summed E-state index contributed by atoms with van der Waals surface area (Å²) in [4.78, 5) is 10.7. The third-order valence-corrected chi connectivity index (χ3v) is 2.40. The van der Waals surface area contributed by atoms with E-state index in [1.54, 1.807) is 26.2 Å². The highest BCUT2D eigenvalue weighted by Crippen LogP contribution is 2.28. The summed E-state index contributed by atoms with van der Waals surface area (Å²) < 4.78 is 6.00. The summed E-state index contributed by atoms with van der Waals surface area (Å²) in [6.45, 7) is 1.57. The average Bonchev–Trinajstić information content (AvgIpc) is 2.20. The van der Waals surface area contributed by atoms with E-state index in [-0.39, 0.29) is 0 Å². The Bertz CT molecular complexity index is 368. The molecule has 0 aliphatic carbocycles. The van der Waals surface area contributed by atoms with Gasteiger partial charge in [-0.05, 0) is 25.1 Å². The van der Waals surface area contributed by atoms with Crippen molar-refractivity contribution >= 4 is 27.6 Å². The second-order valence-corrected chi connectivity index (χ2v) is 3.96. The van der Waals surface area contributed by atoms with Gasteiger partial charge in [0.2, 0.25) is 0 Å². The molecule has 4 nitrogen and oxygen atoms in total. The molecule has 0 aliphatic rings. The van der Waals surface area contributed by atoms with E-state index in [0.29, 0.717) is 11.4 Å². The van der Waals surface area contributed by atoms with Gasteiger partial charge in [0, 0.05) is 4.47 Å². The van der Waals surface area contributed by atoms with E-state index in [4.69, 9.17) is 9.84 Å². The third-order valence-electron chi connectivity index (χ3n) is 1.91. The molecule has 0 spiro atoms. The van der Waals surface area contributed by atoms with Crippen LogP contribution in [-0.2, 0) is 4.79 Å².